The number of aromatic nitrogens is 1. The third-order valence-electron chi connectivity index (χ3n) is 3.89. The molecule has 3 nitrogen and oxygen atoms in total. The second kappa shape index (κ2) is 3.08. The van der Waals surface area contributed by atoms with E-state index in [2.05, 4.69) is 17.1 Å². The van der Waals surface area contributed by atoms with E-state index in [-0.39, 0.29) is 0 Å². The van der Waals surface area contributed by atoms with Gasteiger partial charge in [-0.15, -0.1) is 0 Å². The molecule has 15 heavy (non-hydrogen) atoms. The van der Waals surface area contributed by atoms with Gasteiger partial charge in [-0.3, -0.25) is 0 Å². The molecule has 1 aromatic heterocycles. The Labute approximate surface area is 90.4 Å². The van der Waals surface area contributed by atoms with Gasteiger partial charge in [0.1, 0.15) is 5.76 Å². The topological polar surface area (TPSA) is 29.3 Å². The summed E-state index contributed by atoms with van der Waals surface area (Å²) in [5.41, 5.74) is 1.87. The fourth-order valence-corrected chi connectivity index (χ4v) is 2.67. The lowest BCUT2D eigenvalue weighted by atomic mass is 10.2. The van der Waals surface area contributed by atoms with Crippen LogP contribution in [0.15, 0.2) is 10.6 Å². The van der Waals surface area contributed by atoms with Crippen LogP contribution in [0.25, 0.3) is 0 Å². The van der Waals surface area contributed by atoms with E-state index in [4.69, 9.17) is 4.52 Å². The molecule has 1 spiro atoms. The van der Waals surface area contributed by atoms with E-state index in [0.717, 1.165) is 29.3 Å². The third-order valence-corrected chi connectivity index (χ3v) is 3.89. The van der Waals surface area contributed by atoms with E-state index in [9.17, 15) is 0 Å². The fourth-order valence-electron chi connectivity index (χ4n) is 2.67. The highest BCUT2D eigenvalue weighted by atomic mass is 16.5. The molecule has 1 atom stereocenters. The highest BCUT2D eigenvalue weighted by Gasteiger charge is 2.62. The Morgan fingerprint density at radius 3 is 2.93 bits per heavy atom. The molecule has 2 aliphatic carbocycles. The van der Waals surface area contributed by atoms with E-state index in [1.54, 1.807) is 0 Å². The smallest absolute Gasteiger partial charge is 0.133 e. The van der Waals surface area contributed by atoms with Crippen LogP contribution >= 0.6 is 0 Å². The first-order valence-electron chi connectivity index (χ1n) is 5.79. The van der Waals surface area contributed by atoms with Crippen LogP contribution in [-0.4, -0.2) is 23.6 Å². The summed E-state index contributed by atoms with van der Waals surface area (Å²) in [6, 6.07) is 2.02. The van der Waals surface area contributed by atoms with Crippen LogP contribution < -0.4 is 0 Å². The zero-order chi connectivity index (χ0) is 10.5. The minimum absolute atomic E-state index is 0.813. The summed E-state index contributed by atoms with van der Waals surface area (Å²) in [6.45, 7) is 4.09. The number of hydrogen-bond acceptors (Lipinski definition) is 3. The van der Waals surface area contributed by atoms with Crippen molar-refractivity contribution in [2.45, 2.75) is 32.7 Å². The third kappa shape index (κ3) is 1.81. The molecule has 1 aromatic rings. The van der Waals surface area contributed by atoms with E-state index in [0.29, 0.717) is 0 Å². The SMILES string of the molecule is Cc1cc(CN(C)CC2CC23CC3)no1. The average molecular weight is 206 g/mol. The van der Waals surface area contributed by atoms with E-state index in [1.165, 1.54) is 25.8 Å². The normalized spacial score (nSPS) is 26.2. The Morgan fingerprint density at radius 2 is 2.40 bits per heavy atom. The van der Waals surface area contributed by atoms with Crippen LogP contribution in [-0.2, 0) is 6.54 Å². The molecule has 2 saturated carbocycles. The second-order valence-electron chi connectivity index (χ2n) is 5.39. The standard InChI is InChI=1S/C12H18N2O/c1-9-5-11(13-15-9)8-14(2)7-10-6-12(10)3-4-12/h5,10H,3-4,6-8H2,1-2H3. The van der Waals surface area contributed by atoms with Gasteiger partial charge in [0.05, 0.1) is 5.69 Å². The Bertz CT molecular complexity index is 367. The predicted octanol–water partition coefficient (Wildman–Crippen LogP) is 2.21. The van der Waals surface area contributed by atoms with Gasteiger partial charge in [0.2, 0.25) is 0 Å². The van der Waals surface area contributed by atoms with Gasteiger partial charge in [0, 0.05) is 19.2 Å². The number of rotatable bonds is 4. The average Bonchev–Trinajstić information content (AvgIpc) is 3.03. The molecule has 82 valence electrons. The Hall–Kier alpha value is -0.830. The molecule has 0 saturated heterocycles. The minimum atomic E-state index is 0.813. The molecule has 1 unspecified atom stereocenters. The second-order valence-corrected chi connectivity index (χ2v) is 5.39. The fraction of sp³-hybridized carbons (Fsp3) is 0.750. The van der Waals surface area contributed by atoms with Gasteiger partial charge < -0.3 is 9.42 Å². The molecular weight excluding hydrogens is 188 g/mol. The Morgan fingerprint density at radius 1 is 1.60 bits per heavy atom. The van der Waals surface area contributed by atoms with Crippen molar-refractivity contribution in [3.8, 4) is 0 Å². The number of nitrogens with zero attached hydrogens (tertiary/aromatic N) is 2. The van der Waals surface area contributed by atoms with Crippen LogP contribution in [0.5, 0.6) is 0 Å². The van der Waals surface area contributed by atoms with Gasteiger partial charge in [-0.25, -0.2) is 0 Å². The summed E-state index contributed by atoms with van der Waals surface area (Å²) in [5.74, 6) is 1.87. The van der Waals surface area contributed by atoms with E-state index in [1.807, 2.05) is 13.0 Å². The maximum atomic E-state index is 5.06. The summed E-state index contributed by atoms with van der Waals surface area (Å²) in [7, 11) is 2.18. The van der Waals surface area contributed by atoms with E-state index < -0.39 is 0 Å². The lowest BCUT2D eigenvalue weighted by Gasteiger charge is -2.14. The summed E-state index contributed by atoms with van der Waals surface area (Å²) in [4.78, 5) is 2.37. The molecule has 0 aliphatic heterocycles. The molecule has 3 heteroatoms. The highest BCUT2D eigenvalue weighted by molar-refractivity contribution is 5.13. The summed E-state index contributed by atoms with van der Waals surface area (Å²) >= 11 is 0. The van der Waals surface area contributed by atoms with Crippen LogP contribution in [0.1, 0.15) is 30.7 Å². The lowest BCUT2D eigenvalue weighted by molar-refractivity contribution is 0.291. The zero-order valence-corrected chi connectivity index (χ0v) is 9.49. The molecule has 0 amide bonds. The molecule has 3 rings (SSSR count). The van der Waals surface area contributed by atoms with Gasteiger partial charge >= 0.3 is 0 Å². The van der Waals surface area contributed by atoms with Gasteiger partial charge in [0.25, 0.3) is 0 Å². The van der Waals surface area contributed by atoms with Crippen LogP contribution in [0.2, 0.25) is 0 Å². The molecule has 0 bridgehead atoms. The number of hydrogen-bond donors (Lipinski definition) is 0. The predicted molar refractivity (Wildman–Crippen MR) is 57.3 cm³/mol. The minimum Gasteiger partial charge on any atom is -0.361 e. The molecule has 0 aromatic carbocycles. The van der Waals surface area contributed by atoms with Crippen LogP contribution in [0.3, 0.4) is 0 Å². The lowest BCUT2D eigenvalue weighted by Crippen LogP contribution is -2.21. The quantitative estimate of drug-likeness (QED) is 0.756. The molecule has 0 N–H and O–H groups in total. The molecule has 2 fully saturated rings. The molecule has 2 aliphatic rings. The van der Waals surface area contributed by atoms with Gasteiger partial charge in [0.15, 0.2) is 0 Å². The van der Waals surface area contributed by atoms with Crippen molar-refractivity contribution in [1.82, 2.24) is 10.1 Å². The summed E-state index contributed by atoms with van der Waals surface area (Å²) in [6.07, 6.45) is 4.43. The largest absolute Gasteiger partial charge is 0.361 e. The van der Waals surface area contributed by atoms with Crippen LogP contribution in [0, 0.1) is 18.3 Å². The van der Waals surface area contributed by atoms with Gasteiger partial charge in [-0.2, -0.15) is 0 Å². The van der Waals surface area contributed by atoms with Gasteiger partial charge in [-0.1, -0.05) is 5.16 Å². The maximum Gasteiger partial charge on any atom is 0.133 e. The van der Waals surface area contributed by atoms with Crippen molar-refractivity contribution in [3.05, 3.63) is 17.5 Å². The highest BCUT2D eigenvalue weighted by Crippen LogP contribution is 2.70. The summed E-state index contributed by atoms with van der Waals surface area (Å²) in [5, 5.41) is 4.02. The first-order valence-corrected chi connectivity index (χ1v) is 5.79. The first-order chi connectivity index (χ1) is 7.18. The van der Waals surface area contributed by atoms with Crippen molar-refractivity contribution in [2.75, 3.05) is 13.6 Å². The van der Waals surface area contributed by atoms with Crippen LogP contribution in [0.4, 0.5) is 0 Å². The van der Waals surface area contributed by atoms with Crippen molar-refractivity contribution >= 4 is 0 Å². The van der Waals surface area contributed by atoms with Crippen molar-refractivity contribution in [3.63, 3.8) is 0 Å². The molecule has 1 heterocycles. The maximum absolute atomic E-state index is 5.06. The molecule has 0 radical (unpaired) electrons. The first kappa shape index (κ1) is 9.40. The van der Waals surface area contributed by atoms with Gasteiger partial charge in [-0.05, 0) is 44.6 Å². The van der Waals surface area contributed by atoms with Crippen molar-refractivity contribution in [1.29, 1.82) is 0 Å². The molecular formula is C12H18N2O. The Balaban J connectivity index is 1.50. The zero-order valence-electron chi connectivity index (χ0n) is 9.49. The van der Waals surface area contributed by atoms with E-state index >= 15 is 0 Å². The van der Waals surface area contributed by atoms with Crippen molar-refractivity contribution in [2.24, 2.45) is 11.3 Å². The number of aryl methyl sites for hydroxylation is 1. The monoisotopic (exact) mass is 206 g/mol. The summed E-state index contributed by atoms with van der Waals surface area (Å²) < 4.78 is 5.06. The Kier molecular flexibility index (Phi) is 1.93. The van der Waals surface area contributed by atoms with Crippen molar-refractivity contribution < 1.29 is 4.52 Å².